The summed E-state index contributed by atoms with van der Waals surface area (Å²) in [4.78, 5) is 15.2. The van der Waals surface area contributed by atoms with Crippen LogP contribution in [0.2, 0.25) is 0 Å². The molecule has 4 heterocycles. The molecule has 2 aliphatic rings. The number of halogens is 3. The summed E-state index contributed by atoms with van der Waals surface area (Å²) in [5, 5.41) is 3.95. The summed E-state index contributed by atoms with van der Waals surface area (Å²) in [6, 6.07) is 7.39. The van der Waals surface area contributed by atoms with E-state index in [0.29, 0.717) is 42.9 Å². The predicted octanol–water partition coefficient (Wildman–Crippen LogP) is 5.01. The summed E-state index contributed by atoms with van der Waals surface area (Å²) in [7, 11) is 3.05. The molecule has 0 bridgehead atoms. The molecule has 1 aromatic carbocycles. The van der Waals surface area contributed by atoms with Crippen LogP contribution in [0.1, 0.15) is 11.1 Å². The highest BCUT2D eigenvalue weighted by Crippen LogP contribution is 2.40. The second-order valence-corrected chi connectivity index (χ2v) is 8.94. The van der Waals surface area contributed by atoms with Crippen molar-refractivity contribution in [1.29, 1.82) is 0 Å². The third kappa shape index (κ3) is 4.60. The Kier molecular flexibility index (Phi) is 6.18. The summed E-state index contributed by atoms with van der Waals surface area (Å²) in [6.45, 7) is 3.16. The zero-order chi connectivity index (χ0) is 24.6. The fraction of sp³-hybridized carbons (Fsp3) is 0.333. The standard InChI is InChI=1S/C24H24F3N5O2S/c1-33-21-4-3-17(24(25,26)27)11-20(21)32-13-16-14-35-15-19(16)29-23(32)31-9-7-30(8-10-31)18-5-6-28-22(12-18)34-2/h3-6,11-12,14-15H,7-10,13H2,1-2H3. The molecular formula is C24H24F3N5O2S. The average Bonchev–Trinajstić information content (AvgIpc) is 3.35. The molecule has 2 aliphatic heterocycles. The highest BCUT2D eigenvalue weighted by Gasteiger charge is 2.35. The van der Waals surface area contributed by atoms with Gasteiger partial charge in [-0.25, -0.2) is 9.98 Å². The monoisotopic (exact) mass is 503 g/mol. The van der Waals surface area contributed by atoms with Crippen LogP contribution in [0.15, 0.2) is 52.3 Å². The molecule has 0 amide bonds. The summed E-state index contributed by atoms with van der Waals surface area (Å²) < 4.78 is 51.4. The van der Waals surface area contributed by atoms with Crippen molar-refractivity contribution < 1.29 is 22.6 Å². The lowest BCUT2D eigenvalue weighted by Gasteiger charge is -2.42. The molecule has 3 aromatic rings. The second kappa shape index (κ2) is 9.29. The van der Waals surface area contributed by atoms with Gasteiger partial charge in [-0.2, -0.15) is 13.2 Å². The number of alkyl halides is 3. The first kappa shape index (κ1) is 23.3. The molecule has 0 radical (unpaired) electrons. The number of aromatic nitrogens is 1. The zero-order valence-corrected chi connectivity index (χ0v) is 20.1. The van der Waals surface area contributed by atoms with Gasteiger partial charge in [0.05, 0.1) is 37.7 Å². The van der Waals surface area contributed by atoms with Gasteiger partial charge in [0.25, 0.3) is 0 Å². The number of hydrogen-bond donors (Lipinski definition) is 0. The van der Waals surface area contributed by atoms with Crippen molar-refractivity contribution in [3.8, 4) is 11.6 Å². The van der Waals surface area contributed by atoms with Crippen molar-refractivity contribution in [3.63, 3.8) is 0 Å². The topological polar surface area (TPSA) is 53.4 Å². The lowest BCUT2D eigenvalue weighted by Crippen LogP contribution is -2.54. The van der Waals surface area contributed by atoms with Gasteiger partial charge in [0.1, 0.15) is 5.75 Å². The van der Waals surface area contributed by atoms with Crippen molar-refractivity contribution >= 4 is 34.4 Å². The van der Waals surface area contributed by atoms with E-state index < -0.39 is 11.7 Å². The van der Waals surface area contributed by atoms with Gasteiger partial charge in [-0.05, 0) is 29.6 Å². The Morgan fingerprint density at radius 2 is 1.71 bits per heavy atom. The van der Waals surface area contributed by atoms with E-state index in [1.165, 1.54) is 24.5 Å². The van der Waals surface area contributed by atoms with E-state index in [2.05, 4.69) is 14.8 Å². The molecular weight excluding hydrogens is 479 g/mol. The average molecular weight is 504 g/mol. The van der Waals surface area contributed by atoms with E-state index in [1.807, 2.05) is 27.8 Å². The van der Waals surface area contributed by atoms with E-state index in [4.69, 9.17) is 14.5 Å². The summed E-state index contributed by atoms with van der Waals surface area (Å²) in [5.74, 6) is 1.54. The first-order valence-electron chi connectivity index (χ1n) is 11.0. The molecule has 0 spiro atoms. The van der Waals surface area contributed by atoms with E-state index in [-0.39, 0.29) is 0 Å². The molecule has 184 valence electrons. The van der Waals surface area contributed by atoms with Crippen LogP contribution in [-0.2, 0) is 12.7 Å². The van der Waals surface area contributed by atoms with Gasteiger partial charge in [-0.1, -0.05) is 0 Å². The zero-order valence-electron chi connectivity index (χ0n) is 19.2. The minimum atomic E-state index is -4.46. The van der Waals surface area contributed by atoms with Gasteiger partial charge in [0, 0.05) is 55.1 Å². The largest absolute Gasteiger partial charge is 0.495 e. The number of ether oxygens (including phenoxy) is 2. The van der Waals surface area contributed by atoms with Gasteiger partial charge < -0.3 is 24.2 Å². The molecule has 0 atom stereocenters. The Morgan fingerprint density at radius 1 is 0.943 bits per heavy atom. The highest BCUT2D eigenvalue weighted by atomic mass is 32.1. The smallest absolute Gasteiger partial charge is 0.416 e. The van der Waals surface area contributed by atoms with Crippen LogP contribution >= 0.6 is 11.3 Å². The minimum absolute atomic E-state index is 0.347. The van der Waals surface area contributed by atoms with E-state index >= 15 is 0 Å². The van der Waals surface area contributed by atoms with Crippen molar-refractivity contribution in [3.05, 3.63) is 58.4 Å². The molecule has 0 saturated carbocycles. The van der Waals surface area contributed by atoms with Crippen LogP contribution in [0.25, 0.3) is 0 Å². The van der Waals surface area contributed by atoms with Gasteiger partial charge in [-0.15, -0.1) is 11.3 Å². The van der Waals surface area contributed by atoms with Gasteiger partial charge in [0.15, 0.2) is 0 Å². The first-order valence-corrected chi connectivity index (χ1v) is 12.0. The summed E-state index contributed by atoms with van der Waals surface area (Å²) >= 11 is 1.53. The minimum Gasteiger partial charge on any atom is -0.495 e. The Balaban J connectivity index is 1.45. The molecule has 0 N–H and O–H groups in total. The number of anilines is 2. The number of methoxy groups -OCH3 is 2. The SMILES string of the molecule is COc1cc(N2CCN(C3=Nc4cscc4CN3c3cc(C(F)(F)F)ccc3OC)CC2)ccn1. The normalized spacial score (nSPS) is 16.1. The van der Waals surface area contributed by atoms with Gasteiger partial charge in [0.2, 0.25) is 11.8 Å². The number of aliphatic imine (C=N–C) groups is 1. The number of piperazine rings is 1. The number of rotatable bonds is 4. The molecule has 7 nitrogen and oxygen atoms in total. The lowest BCUT2D eigenvalue weighted by molar-refractivity contribution is -0.137. The Labute approximate surface area is 205 Å². The maximum Gasteiger partial charge on any atom is 0.416 e. The van der Waals surface area contributed by atoms with Crippen LogP contribution in [-0.4, -0.2) is 56.2 Å². The van der Waals surface area contributed by atoms with Crippen molar-refractivity contribution in [2.45, 2.75) is 12.7 Å². The van der Waals surface area contributed by atoms with Crippen LogP contribution in [0.5, 0.6) is 11.6 Å². The number of nitrogens with zero attached hydrogens (tertiary/aromatic N) is 5. The Hall–Kier alpha value is -3.47. The molecule has 1 fully saturated rings. The fourth-order valence-electron chi connectivity index (χ4n) is 4.33. The highest BCUT2D eigenvalue weighted by molar-refractivity contribution is 7.08. The third-order valence-electron chi connectivity index (χ3n) is 6.16. The fourth-order valence-corrected chi connectivity index (χ4v) is 5.09. The number of guanidine groups is 1. The van der Waals surface area contributed by atoms with Crippen molar-refractivity contribution in [1.82, 2.24) is 9.88 Å². The van der Waals surface area contributed by atoms with E-state index in [9.17, 15) is 13.2 Å². The Bertz CT molecular complexity index is 1240. The Morgan fingerprint density at radius 3 is 2.43 bits per heavy atom. The summed E-state index contributed by atoms with van der Waals surface area (Å²) in [5.41, 5.74) is 2.47. The number of benzene rings is 1. The maximum absolute atomic E-state index is 13.6. The molecule has 11 heteroatoms. The quantitative estimate of drug-likeness (QED) is 0.499. The van der Waals surface area contributed by atoms with Crippen LogP contribution in [0.3, 0.4) is 0 Å². The van der Waals surface area contributed by atoms with Crippen LogP contribution in [0, 0.1) is 0 Å². The van der Waals surface area contributed by atoms with E-state index in [0.717, 1.165) is 42.2 Å². The van der Waals surface area contributed by atoms with Gasteiger partial charge >= 0.3 is 6.18 Å². The molecule has 0 aliphatic carbocycles. The summed E-state index contributed by atoms with van der Waals surface area (Å²) in [6.07, 6.45) is -2.75. The van der Waals surface area contributed by atoms with E-state index in [1.54, 1.807) is 13.3 Å². The predicted molar refractivity (Wildman–Crippen MR) is 130 cm³/mol. The number of thiophene rings is 1. The molecule has 2 aromatic heterocycles. The molecule has 35 heavy (non-hydrogen) atoms. The molecule has 1 saturated heterocycles. The van der Waals surface area contributed by atoms with Crippen LogP contribution < -0.4 is 19.3 Å². The maximum atomic E-state index is 13.6. The molecule has 5 rings (SSSR count). The number of pyridine rings is 1. The van der Waals surface area contributed by atoms with Crippen LogP contribution in [0.4, 0.5) is 30.2 Å². The number of fused-ring (bicyclic) bond motifs is 1. The lowest BCUT2D eigenvalue weighted by atomic mass is 10.1. The number of hydrogen-bond acceptors (Lipinski definition) is 8. The van der Waals surface area contributed by atoms with Crippen molar-refractivity contribution in [2.24, 2.45) is 4.99 Å². The van der Waals surface area contributed by atoms with Crippen molar-refractivity contribution in [2.75, 3.05) is 50.2 Å². The van der Waals surface area contributed by atoms with Gasteiger partial charge in [-0.3, -0.25) is 0 Å². The second-order valence-electron chi connectivity index (χ2n) is 8.20. The first-order chi connectivity index (χ1) is 16.9. The third-order valence-corrected chi connectivity index (χ3v) is 6.94. The molecule has 0 unspecified atom stereocenters.